The summed E-state index contributed by atoms with van der Waals surface area (Å²) in [6, 6.07) is 11.8. The van der Waals surface area contributed by atoms with E-state index in [1.54, 1.807) is 12.1 Å². The van der Waals surface area contributed by atoms with E-state index in [1.807, 2.05) is 0 Å². The molecule has 0 spiro atoms. The van der Waals surface area contributed by atoms with Gasteiger partial charge >= 0.3 is 11.9 Å². The number of carbonyl (C=O) groups is 2. The Morgan fingerprint density at radius 1 is 0.880 bits per heavy atom. The van der Waals surface area contributed by atoms with Crippen LogP contribution in [0.15, 0.2) is 48.5 Å². The smallest absolute Gasteiger partial charge is 0.335 e. The number of aromatic carboxylic acids is 2. The number of rotatable bonds is 6. The van der Waals surface area contributed by atoms with E-state index in [2.05, 4.69) is 4.84 Å². The average Bonchev–Trinajstić information content (AvgIpc) is 2.60. The molecule has 2 aromatic rings. The quantitative estimate of drug-likeness (QED) is 0.529. The van der Waals surface area contributed by atoms with Gasteiger partial charge in [0, 0.05) is 0 Å². The highest BCUT2D eigenvalue weighted by atomic mass is 16.9. The third kappa shape index (κ3) is 7.10. The molecule has 0 aliphatic carbocycles. The summed E-state index contributed by atoms with van der Waals surface area (Å²) in [4.78, 5) is 34.7. The van der Waals surface area contributed by atoms with E-state index in [4.69, 9.17) is 15.3 Å². The molecule has 0 saturated heterocycles. The van der Waals surface area contributed by atoms with Crippen molar-refractivity contribution in [1.82, 2.24) is 0 Å². The fourth-order valence-corrected chi connectivity index (χ4v) is 1.62. The maximum atomic E-state index is 10.4. The first kappa shape index (κ1) is 19.6. The van der Waals surface area contributed by atoms with Crippen molar-refractivity contribution < 1.29 is 34.8 Å². The summed E-state index contributed by atoms with van der Waals surface area (Å²) in [6.07, 6.45) is 0. The number of hydrogen-bond acceptors (Lipinski definition) is 6. The lowest BCUT2D eigenvalue weighted by atomic mass is 10.1. The van der Waals surface area contributed by atoms with Gasteiger partial charge in [-0.25, -0.2) is 9.59 Å². The maximum Gasteiger partial charge on any atom is 0.335 e. The third-order valence-corrected chi connectivity index (χ3v) is 2.92. The van der Waals surface area contributed by atoms with Crippen molar-refractivity contribution >= 4 is 11.9 Å². The van der Waals surface area contributed by atoms with Crippen molar-refractivity contribution in [3.05, 3.63) is 80.9 Å². The first-order valence-electron chi connectivity index (χ1n) is 6.86. The highest BCUT2D eigenvalue weighted by Gasteiger charge is 2.02. The standard InChI is InChI=1S/C8H7NO5.C8H8O3/c10-8(11)7-3-1-6(2-4-7)5-14-9(12)13;9-5-6-1-3-7(4-2-6)8(10)11/h1-4H,5H2,(H,10,11);1-4,9H,5H2,(H,10,11). The Kier molecular flexibility index (Phi) is 7.54. The molecule has 0 aliphatic heterocycles. The van der Waals surface area contributed by atoms with E-state index in [0.717, 1.165) is 5.56 Å². The molecular weight excluding hydrogens is 334 g/mol. The number of carboxylic acids is 2. The Morgan fingerprint density at radius 3 is 1.60 bits per heavy atom. The van der Waals surface area contributed by atoms with E-state index in [1.165, 1.54) is 36.4 Å². The van der Waals surface area contributed by atoms with Crippen LogP contribution in [0.4, 0.5) is 0 Å². The average molecular weight is 349 g/mol. The van der Waals surface area contributed by atoms with Gasteiger partial charge in [0.15, 0.2) is 0 Å². The minimum Gasteiger partial charge on any atom is -0.478 e. The van der Waals surface area contributed by atoms with Crippen LogP contribution < -0.4 is 0 Å². The van der Waals surface area contributed by atoms with Gasteiger partial charge in [-0.05, 0) is 35.4 Å². The second-order valence-corrected chi connectivity index (χ2v) is 4.66. The van der Waals surface area contributed by atoms with Crippen LogP contribution in [0.2, 0.25) is 0 Å². The van der Waals surface area contributed by atoms with Gasteiger partial charge in [-0.2, -0.15) is 0 Å². The molecule has 0 aliphatic rings. The molecule has 0 bridgehead atoms. The maximum absolute atomic E-state index is 10.4. The van der Waals surface area contributed by atoms with E-state index in [9.17, 15) is 19.7 Å². The number of aliphatic hydroxyl groups excluding tert-OH is 1. The lowest BCUT2D eigenvalue weighted by Crippen LogP contribution is -2.01. The Hall–Kier alpha value is -3.46. The largest absolute Gasteiger partial charge is 0.478 e. The van der Waals surface area contributed by atoms with Gasteiger partial charge in [-0.3, -0.25) is 0 Å². The zero-order chi connectivity index (χ0) is 18.8. The molecule has 25 heavy (non-hydrogen) atoms. The highest BCUT2D eigenvalue weighted by molar-refractivity contribution is 5.87. The molecule has 2 rings (SSSR count). The number of nitrogens with zero attached hydrogens (tertiary/aromatic N) is 1. The molecular formula is C16H15NO8. The molecule has 3 N–H and O–H groups in total. The molecule has 0 heterocycles. The first-order valence-corrected chi connectivity index (χ1v) is 6.86. The van der Waals surface area contributed by atoms with Crippen LogP contribution in [-0.4, -0.2) is 32.3 Å². The van der Waals surface area contributed by atoms with Crippen molar-refractivity contribution in [1.29, 1.82) is 0 Å². The summed E-state index contributed by atoms with van der Waals surface area (Å²) >= 11 is 0. The van der Waals surface area contributed by atoms with Gasteiger partial charge in [-0.1, -0.05) is 24.3 Å². The van der Waals surface area contributed by atoms with Crippen molar-refractivity contribution in [2.75, 3.05) is 0 Å². The van der Waals surface area contributed by atoms with Gasteiger partial charge in [0.2, 0.25) is 0 Å². The Bertz CT molecular complexity index is 725. The SMILES string of the molecule is O=C(O)c1ccc(CO)cc1.O=C(O)c1ccc(CO[N+](=O)[O-])cc1. The van der Waals surface area contributed by atoms with E-state index >= 15 is 0 Å². The van der Waals surface area contributed by atoms with Crippen molar-refractivity contribution in [3.63, 3.8) is 0 Å². The van der Waals surface area contributed by atoms with Crippen LogP contribution in [0.5, 0.6) is 0 Å². The van der Waals surface area contributed by atoms with Crippen LogP contribution in [0.25, 0.3) is 0 Å². The zero-order valence-electron chi connectivity index (χ0n) is 12.9. The summed E-state index contributed by atoms with van der Waals surface area (Å²) in [5, 5.41) is 34.6. The molecule has 9 heteroatoms. The molecule has 132 valence electrons. The van der Waals surface area contributed by atoms with E-state index < -0.39 is 17.0 Å². The van der Waals surface area contributed by atoms with E-state index in [0.29, 0.717) is 5.56 Å². The molecule has 2 aromatic carbocycles. The normalized spacial score (nSPS) is 9.48. The van der Waals surface area contributed by atoms with Gasteiger partial charge in [0.1, 0.15) is 6.61 Å². The van der Waals surface area contributed by atoms with Crippen LogP contribution in [0, 0.1) is 10.1 Å². The monoisotopic (exact) mass is 349 g/mol. The topological polar surface area (TPSA) is 147 Å². The highest BCUT2D eigenvalue weighted by Crippen LogP contribution is 2.05. The lowest BCUT2D eigenvalue weighted by Gasteiger charge is -1.99. The minimum atomic E-state index is -1.04. The van der Waals surface area contributed by atoms with Gasteiger partial charge in [0.25, 0.3) is 5.09 Å². The Morgan fingerprint density at radius 2 is 1.28 bits per heavy atom. The summed E-state index contributed by atoms with van der Waals surface area (Å²) in [5.41, 5.74) is 1.64. The van der Waals surface area contributed by atoms with Crippen LogP contribution in [0.3, 0.4) is 0 Å². The van der Waals surface area contributed by atoms with Gasteiger partial charge < -0.3 is 20.2 Å². The summed E-state index contributed by atoms with van der Waals surface area (Å²) in [7, 11) is 0. The lowest BCUT2D eigenvalue weighted by molar-refractivity contribution is -0.763. The van der Waals surface area contributed by atoms with E-state index in [-0.39, 0.29) is 24.3 Å². The fraction of sp³-hybridized carbons (Fsp3) is 0.125. The molecule has 0 aromatic heterocycles. The van der Waals surface area contributed by atoms with Crippen LogP contribution >= 0.6 is 0 Å². The first-order chi connectivity index (χ1) is 11.8. The third-order valence-electron chi connectivity index (χ3n) is 2.92. The van der Waals surface area contributed by atoms with Crippen molar-refractivity contribution in [3.8, 4) is 0 Å². The predicted molar refractivity (Wildman–Crippen MR) is 84.5 cm³/mol. The minimum absolute atomic E-state index is 0.0557. The molecule has 0 atom stereocenters. The summed E-state index contributed by atoms with van der Waals surface area (Å²) in [6.45, 7) is -0.229. The molecule has 0 radical (unpaired) electrons. The molecule has 0 fully saturated rings. The number of hydrogen-bond donors (Lipinski definition) is 3. The number of benzene rings is 2. The number of carboxylic acid groups (broad SMARTS) is 2. The van der Waals surface area contributed by atoms with Gasteiger partial charge in [-0.15, -0.1) is 10.1 Å². The molecule has 0 amide bonds. The van der Waals surface area contributed by atoms with Gasteiger partial charge in [0.05, 0.1) is 17.7 Å². The Balaban J connectivity index is 0.000000257. The Labute approximate surface area is 141 Å². The summed E-state index contributed by atoms with van der Waals surface area (Å²) in [5.74, 6) is -1.98. The van der Waals surface area contributed by atoms with Crippen LogP contribution in [0.1, 0.15) is 31.8 Å². The number of aliphatic hydroxyl groups is 1. The second kappa shape index (κ2) is 9.63. The van der Waals surface area contributed by atoms with Crippen LogP contribution in [-0.2, 0) is 18.1 Å². The molecule has 0 unspecified atom stereocenters. The fourth-order valence-electron chi connectivity index (χ4n) is 1.62. The predicted octanol–water partition coefficient (Wildman–Crippen LogP) is 1.97. The summed E-state index contributed by atoms with van der Waals surface area (Å²) < 4.78 is 0. The molecule has 0 saturated carbocycles. The van der Waals surface area contributed by atoms with Crippen molar-refractivity contribution in [2.24, 2.45) is 0 Å². The zero-order valence-corrected chi connectivity index (χ0v) is 12.9. The second-order valence-electron chi connectivity index (χ2n) is 4.66. The molecule has 9 nitrogen and oxygen atoms in total. The van der Waals surface area contributed by atoms with Crippen molar-refractivity contribution in [2.45, 2.75) is 13.2 Å².